The molecule has 8 heteroatoms. The van der Waals surface area contributed by atoms with Crippen LogP contribution in [0.2, 0.25) is 0 Å². The van der Waals surface area contributed by atoms with Gasteiger partial charge in [0.1, 0.15) is 0 Å². The first kappa shape index (κ1) is 22.3. The number of carbonyl (C=O) groups is 1. The van der Waals surface area contributed by atoms with Gasteiger partial charge in [-0.25, -0.2) is 18.2 Å². The number of hydrogen-bond donors (Lipinski definition) is 1. The zero-order valence-electron chi connectivity index (χ0n) is 18.2. The van der Waals surface area contributed by atoms with E-state index >= 15 is 0 Å². The van der Waals surface area contributed by atoms with Crippen molar-refractivity contribution in [1.82, 2.24) is 19.8 Å². The molecule has 1 aliphatic rings. The quantitative estimate of drug-likeness (QED) is 0.656. The molecule has 2 aromatic rings. The summed E-state index contributed by atoms with van der Waals surface area (Å²) in [4.78, 5) is 18.8. The van der Waals surface area contributed by atoms with Crippen LogP contribution in [0.3, 0.4) is 0 Å². The Morgan fingerprint density at radius 2 is 1.87 bits per heavy atom. The van der Waals surface area contributed by atoms with E-state index in [0.717, 1.165) is 24.1 Å². The third-order valence-corrected chi connectivity index (χ3v) is 6.52. The van der Waals surface area contributed by atoms with Crippen molar-refractivity contribution >= 4 is 15.9 Å². The lowest BCUT2D eigenvalue weighted by Gasteiger charge is -2.25. The smallest absolute Gasteiger partial charge is 0.318 e. The van der Waals surface area contributed by atoms with Crippen molar-refractivity contribution in [3.8, 4) is 0 Å². The molecule has 0 spiro atoms. The first-order valence-electron chi connectivity index (χ1n) is 10.6. The number of sulfone groups is 1. The summed E-state index contributed by atoms with van der Waals surface area (Å²) in [6, 6.07) is 9.27. The van der Waals surface area contributed by atoms with Gasteiger partial charge in [0.05, 0.1) is 24.2 Å². The highest BCUT2D eigenvalue weighted by Gasteiger charge is 2.34. The van der Waals surface area contributed by atoms with Gasteiger partial charge >= 0.3 is 6.03 Å². The van der Waals surface area contributed by atoms with Gasteiger partial charge in [-0.1, -0.05) is 44.2 Å². The molecule has 1 saturated carbocycles. The van der Waals surface area contributed by atoms with Crippen LogP contribution in [0, 0.1) is 5.92 Å². The van der Waals surface area contributed by atoms with Gasteiger partial charge in [-0.05, 0) is 38.2 Å². The minimum atomic E-state index is -3.62. The molecule has 3 rings (SSSR count). The minimum absolute atomic E-state index is 0.0427. The number of rotatable bonds is 9. The highest BCUT2D eigenvalue weighted by Crippen LogP contribution is 2.29. The highest BCUT2D eigenvalue weighted by molar-refractivity contribution is 7.90. The predicted molar refractivity (Wildman–Crippen MR) is 117 cm³/mol. The van der Waals surface area contributed by atoms with E-state index in [-0.39, 0.29) is 34.9 Å². The summed E-state index contributed by atoms with van der Waals surface area (Å²) < 4.78 is 28.1. The largest absolute Gasteiger partial charge is 0.336 e. The molecule has 1 aliphatic carbocycles. The number of nitrogens with one attached hydrogen (secondary N) is 1. The van der Waals surface area contributed by atoms with Crippen LogP contribution < -0.4 is 5.32 Å². The van der Waals surface area contributed by atoms with Gasteiger partial charge in [-0.15, -0.1) is 0 Å². The Morgan fingerprint density at radius 1 is 1.20 bits per heavy atom. The molecule has 1 fully saturated rings. The van der Waals surface area contributed by atoms with E-state index in [1.165, 1.54) is 0 Å². The normalized spacial score (nSPS) is 14.3. The monoisotopic (exact) mass is 432 g/mol. The molecule has 1 aromatic carbocycles. The summed E-state index contributed by atoms with van der Waals surface area (Å²) in [6.45, 7) is 8.83. The second-order valence-corrected chi connectivity index (χ2v) is 10.6. The first-order valence-corrected chi connectivity index (χ1v) is 12.2. The van der Waals surface area contributed by atoms with Gasteiger partial charge in [0, 0.05) is 18.6 Å². The molecular formula is C22H32N4O3S. The number of aromatic nitrogens is 2. The van der Waals surface area contributed by atoms with Gasteiger partial charge < -0.3 is 14.8 Å². The maximum Gasteiger partial charge on any atom is 0.318 e. The van der Waals surface area contributed by atoms with E-state index in [2.05, 4.69) is 10.3 Å². The molecule has 0 saturated heterocycles. The molecule has 0 unspecified atom stereocenters. The summed E-state index contributed by atoms with van der Waals surface area (Å²) in [5, 5.41) is 3.03. The van der Waals surface area contributed by atoms with Gasteiger partial charge in [-0.3, -0.25) is 0 Å². The van der Waals surface area contributed by atoms with Crippen LogP contribution >= 0.6 is 0 Å². The van der Waals surface area contributed by atoms with E-state index in [1.807, 2.05) is 45.9 Å². The number of amides is 2. The number of benzene rings is 1. The molecule has 0 atom stereocenters. The maximum atomic E-state index is 13.2. The Hall–Kier alpha value is -2.35. The van der Waals surface area contributed by atoms with Gasteiger partial charge in [0.15, 0.2) is 0 Å². The Kier molecular flexibility index (Phi) is 6.85. The zero-order chi connectivity index (χ0) is 21.9. The minimum Gasteiger partial charge on any atom is -0.336 e. The number of hydrogen-bond acceptors (Lipinski definition) is 4. The lowest BCUT2D eigenvalue weighted by Crippen LogP contribution is -2.44. The topological polar surface area (TPSA) is 84.3 Å². The van der Waals surface area contributed by atoms with E-state index < -0.39 is 9.84 Å². The van der Waals surface area contributed by atoms with Crippen LogP contribution in [0.15, 0.2) is 41.7 Å². The number of carbonyl (C=O) groups excluding carboxylic acids is 1. The van der Waals surface area contributed by atoms with E-state index in [1.54, 1.807) is 27.8 Å². The van der Waals surface area contributed by atoms with Gasteiger partial charge in [0.25, 0.3) is 0 Å². The molecule has 1 aromatic heterocycles. The van der Waals surface area contributed by atoms with Gasteiger partial charge in [0.2, 0.25) is 15.0 Å². The Morgan fingerprint density at radius 3 is 2.43 bits per heavy atom. The Balaban J connectivity index is 1.90. The molecule has 30 heavy (non-hydrogen) atoms. The third kappa shape index (κ3) is 5.62. The van der Waals surface area contributed by atoms with Crippen LogP contribution in [0.25, 0.3) is 0 Å². The zero-order valence-corrected chi connectivity index (χ0v) is 19.0. The second-order valence-electron chi connectivity index (χ2n) is 8.74. The molecule has 0 radical (unpaired) electrons. The number of imidazole rings is 1. The van der Waals surface area contributed by atoms with Crippen molar-refractivity contribution in [1.29, 1.82) is 0 Å². The molecular weight excluding hydrogens is 400 g/mol. The first-order chi connectivity index (χ1) is 14.2. The standard InChI is InChI=1S/C22H32N4O3S/c1-16(2)13-26-20(14-25(19-10-11-19)21(27)24-17(3)4)12-23-22(26)30(28,29)15-18-8-6-5-7-9-18/h5-9,12,16-17,19H,10-11,13-15H2,1-4H3,(H,24,27). The highest BCUT2D eigenvalue weighted by atomic mass is 32.2. The Labute approximate surface area is 179 Å². The maximum absolute atomic E-state index is 13.2. The molecule has 0 aliphatic heterocycles. The molecule has 1 N–H and O–H groups in total. The average Bonchev–Trinajstić information content (AvgIpc) is 3.41. The van der Waals surface area contributed by atoms with Crippen molar-refractivity contribution in [3.63, 3.8) is 0 Å². The number of urea groups is 1. The lowest BCUT2D eigenvalue weighted by molar-refractivity contribution is 0.187. The summed E-state index contributed by atoms with van der Waals surface area (Å²) >= 11 is 0. The lowest BCUT2D eigenvalue weighted by atomic mass is 10.2. The van der Waals surface area contributed by atoms with Crippen LogP contribution in [-0.2, 0) is 28.7 Å². The van der Waals surface area contributed by atoms with Crippen molar-refractivity contribution in [2.24, 2.45) is 5.92 Å². The van der Waals surface area contributed by atoms with E-state index in [9.17, 15) is 13.2 Å². The molecule has 1 heterocycles. The van der Waals surface area contributed by atoms with Gasteiger partial charge in [-0.2, -0.15) is 0 Å². The predicted octanol–water partition coefficient (Wildman–Crippen LogP) is 3.60. The van der Waals surface area contributed by atoms with Crippen LogP contribution in [-0.4, -0.2) is 41.0 Å². The van der Waals surface area contributed by atoms with Crippen molar-refractivity contribution in [2.45, 2.75) is 76.6 Å². The molecule has 0 bridgehead atoms. The van der Waals surface area contributed by atoms with E-state index in [0.29, 0.717) is 13.1 Å². The fourth-order valence-electron chi connectivity index (χ4n) is 3.44. The summed E-state index contributed by atoms with van der Waals surface area (Å²) in [5.41, 5.74) is 1.48. The molecule has 164 valence electrons. The van der Waals surface area contributed by atoms with Crippen molar-refractivity contribution < 1.29 is 13.2 Å². The number of nitrogens with zero attached hydrogens (tertiary/aromatic N) is 3. The van der Waals surface area contributed by atoms with Crippen LogP contribution in [0.1, 0.15) is 51.8 Å². The SMILES string of the molecule is CC(C)Cn1c(CN(C(=O)NC(C)C)C2CC2)cnc1S(=O)(=O)Cc1ccccc1. The Bertz CT molecular complexity index is 964. The van der Waals surface area contributed by atoms with E-state index in [4.69, 9.17) is 0 Å². The fourth-order valence-corrected chi connectivity index (χ4v) is 4.94. The summed E-state index contributed by atoms with van der Waals surface area (Å²) in [5.74, 6) is 0.144. The van der Waals surface area contributed by atoms with Crippen molar-refractivity contribution in [2.75, 3.05) is 0 Å². The summed E-state index contributed by atoms with van der Waals surface area (Å²) in [7, 11) is -3.62. The van der Waals surface area contributed by atoms with Crippen molar-refractivity contribution in [3.05, 3.63) is 47.8 Å². The third-order valence-electron chi connectivity index (χ3n) is 4.92. The fraction of sp³-hybridized carbons (Fsp3) is 0.545. The summed E-state index contributed by atoms with van der Waals surface area (Å²) in [6.07, 6.45) is 3.56. The molecule has 7 nitrogen and oxygen atoms in total. The second kappa shape index (κ2) is 9.20. The van der Waals surface area contributed by atoms with Crippen LogP contribution in [0.4, 0.5) is 4.79 Å². The average molecular weight is 433 g/mol. The molecule has 2 amide bonds. The van der Waals surface area contributed by atoms with Crippen LogP contribution in [0.5, 0.6) is 0 Å².